The van der Waals surface area contributed by atoms with Crippen LogP contribution >= 0.6 is 0 Å². The SMILES string of the molecule is COC1CCCN(C(=O)CCN2CCCCC2=O)C1. The molecule has 0 N–H and O–H groups in total. The number of carbonyl (C=O) groups is 2. The van der Waals surface area contributed by atoms with Crippen molar-refractivity contribution in [2.75, 3.05) is 33.3 Å². The Kier molecular flexibility index (Phi) is 5.19. The van der Waals surface area contributed by atoms with Gasteiger partial charge in [0.15, 0.2) is 0 Å². The molecule has 2 rings (SSSR count). The zero-order valence-electron chi connectivity index (χ0n) is 11.8. The maximum atomic E-state index is 12.1. The van der Waals surface area contributed by atoms with Crippen molar-refractivity contribution in [1.29, 1.82) is 0 Å². The first kappa shape index (κ1) is 14.3. The quantitative estimate of drug-likeness (QED) is 0.765. The van der Waals surface area contributed by atoms with Gasteiger partial charge in [0.25, 0.3) is 0 Å². The average Bonchev–Trinajstić information content (AvgIpc) is 2.46. The average molecular weight is 268 g/mol. The van der Waals surface area contributed by atoms with Gasteiger partial charge in [-0.15, -0.1) is 0 Å². The molecule has 2 heterocycles. The molecule has 0 aromatic heterocycles. The van der Waals surface area contributed by atoms with E-state index in [9.17, 15) is 9.59 Å². The van der Waals surface area contributed by atoms with E-state index in [1.54, 1.807) is 7.11 Å². The van der Waals surface area contributed by atoms with Crippen LogP contribution in [0.1, 0.15) is 38.5 Å². The van der Waals surface area contributed by atoms with Crippen LogP contribution < -0.4 is 0 Å². The Balaban J connectivity index is 1.75. The minimum Gasteiger partial charge on any atom is -0.380 e. The standard InChI is InChI=1S/C14H24N2O3/c1-19-12-5-4-9-16(11-12)14(18)7-10-15-8-3-2-6-13(15)17/h12H,2-11H2,1H3. The Morgan fingerprint density at radius 3 is 2.89 bits per heavy atom. The van der Waals surface area contributed by atoms with Crippen LogP contribution in [0, 0.1) is 0 Å². The van der Waals surface area contributed by atoms with E-state index in [0.717, 1.165) is 38.8 Å². The predicted octanol–water partition coefficient (Wildman–Crippen LogP) is 1.03. The molecule has 0 spiro atoms. The second-order valence-corrected chi connectivity index (χ2v) is 5.43. The molecule has 1 unspecified atom stereocenters. The molecule has 108 valence electrons. The fourth-order valence-corrected chi connectivity index (χ4v) is 2.84. The number of piperidine rings is 2. The molecule has 0 aliphatic carbocycles. The second-order valence-electron chi connectivity index (χ2n) is 5.43. The molecular formula is C14H24N2O3. The van der Waals surface area contributed by atoms with Gasteiger partial charge in [-0.2, -0.15) is 0 Å². The fourth-order valence-electron chi connectivity index (χ4n) is 2.84. The number of carbonyl (C=O) groups excluding carboxylic acids is 2. The van der Waals surface area contributed by atoms with Crippen LogP contribution in [0.15, 0.2) is 0 Å². The van der Waals surface area contributed by atoms with Gasteiger partial charge >= 0.3 is 0 Å². The highest BCUT2D eigenvalue weighted by Gasteiger charge is 2.24. The van der Waals surface area contributed by atoms with E-state index in [0.29, 0.717) is 25.9 Å². The molecule has 5 nitrogen and oxygen atoms in total. The van der Waals surface area contributed by atoms with Crippen LogP contribution in [0.4, 0.5) is 0 Å². The summed E-state index contributed by atoms with van der Waals surface area (Å²) in [6.45, 7) is 2.91. The minimum absolute atomic E-state index is 0.153. The molecule has 2 aliphatic rings. The molecule has 2 aliphatic heterocycles. The van der Waals surface area contributed by atoms with Crippen LogP contribution in [0.2, 0.25) is 0 Å². The van der Waals surface area contributed by atoms with E-state index < -0.39 is 0 Å². The third kappa shape index (κ3) is 3.93. The van der Waals surface area contributed by atoms with Crippen LogP contribution in [-0.4, -0.2) is 61.0 Å². The Labute approximate surface area is 114 Å². The summed E-state index contributed by atoms with van der Waals surface area (Å²) < 4.78 is 5.32. The number of amides is 2. The second kappa shape index (κ2) is 6.89. The van der Waals surface area contributed by atoms with E-state index in [-0.39, 0.29) is 17.9 Å². The van der Waals surface area contributed by atoms with Crippen molar-refractivity contribution in [2.45, 2.75) is 44.6 Å². The van der Waals surface area contributed by atoms with Crippen LogP contribution in [0.3, 0.4) is 0 Å². The lowest BCUT2D eigenvalue weighted by Crippen LogP contribution is -2.44. The molecule has 1 atom stereocenters. The number of hydrogen-bond donors (Lipinski definition) is 0. The summed E-state index contributed by atoms with van der Waals surface area (Å²) in [5.41, 5.74) is 0. The number of rotatable bonds is 4. The van der Waals surface area contributed by atoms with E-state index in [1.807, 2.05) is 9.80 Å². The van der Waals surface area contributed by atoms with Crippen molar-refractivity contribution in [2.24, 2.45) is 0 Å². The highest BCUT2D eigenvalue weighted by Crippen LogP contribution is 2.15. The van der Waals surface area contributed by atoms with Gasteiger partial charge in [-0.3, -0.25) is 9.59 Å². The summed E-state index contributed by atoms with van der Waals surface area (Å²) in [4.78, 5) is 27.5. The number of methoxy groups -OCH3 is 1. The van der Waals surface area contributed by atoms with Crippen LogP contribution in [-0.2, 0) is 14.3 Å². The third-order valence-electron chi connectivity index (χ3n) is 4.08. The smallest absolute Gasteiger partial charge is 0.224 e. The lowest BCUT2D eigenvalue weighted by molar-refractivity contribution is -0.137. The molecule has 0 aromatic carbocycles. The largest absolute Gasteiger partial charge is 0.380 e. The van der Waals surface area contributed by atoms with Gasteiger partial charge in [-0.1, -0.05) is 0 Å². The summed E-state index contributed by atoms with van der Waals surface area (Å²) in [5, 5.41) is 0. The van der Waals surface area contributed by atoms with Crippen LogP contribution in [0.25, 0.3) is 0 Å². The summed E-state index contributed by atoms with van der Waals surface area (Å²) >= 11 is 0. The number of likely N-dealkylation sites (tertiary alicyclic amines) is 2. The van der Waals surface area contributed by atoms with E-state index >= 15 is 0 Å². The van der Waals surface area contributed by atoms with Crippen molar-refractivity contribution in [1.82, 2.24) is 9.80 Å². The molecular weight excluding hydrogens is 244 g/mol. The van der Waals surface area contributed by atoms with Gasteiger partial charge < -0.3 is 14.5 Å². The predicted molar refractivity (Wildman–Crippen MR) is 71.7 cm³/mol. The Hall–Kier alpha value is -1.10. The Bertz CT molecular complexity index is 333. The molecule has 5 heteroatoms. The first-order chi connectivity index (χ1) is 9.20. The highest BCUT2D eigenvalue weighted by atomic mass is 16.5. The highest BCUT2D eigenvalue weighted by molar-refractivity contribution is 5.79. The van der Waals surface area contributed by atoms with E-state index in [1.165, 1.54) is 0 Å². The van der Waals surface area contributed by atoms with Crippen molar-refractivity contribution < 1.29 is 14.3 Å². The van der Waals surface area contributed by atoms with Gasteiger partial charge in [0, 0.05) is 46.1 Å². The number of hydrogen-bond acceptors (Lipinski definition) is 3. The fraction of sp³-hybridized carbons (Fsp3) is 0.857. The summed E-state index contributed by atoms with van der Waals surface area (Å²) in [5.74, 6) is 0.354. The Morgan fingerprint density at radius 2 is 2.16 bits per heavy atom. The number of ether oxygens (including phenoxy) is 1. The van der Waals surface area contributed by atoms with Gasteiger partial charge in [-0.25, -0.2) is 0 Å². The van der Waals surface area contributed by atoms with Crippen molar-refractivity contribution >= 4 is 11.8 Å². The molecule has 0 saturated carbocycles. The summed E-state index contributed by atoms with van der Waals surface area (Å²) in [6.07, 6.45) is 5.36. The zero-order chi connectivity index (χ0) is 13.7. The maximum absolute atomic E-state index is 12.1. The molecule has 2 saturated heterocycles. The first-order valence-corrected chi connectivity index (χ1v) is 7.29. The topological polar surface area (TPSA) is 49.9 Å². The minimum atomic E-state index is 0.153. The Morgan fingerprint density at radius 1 is 1.32 bits per heavy atom. The maximum Gasteiger partial charge on any atom is 0.224 e. The van der Waals surface area contributed by atoms with Gasteiger partial charge in [0.1, 0.15) is 0 Å². The summed E-state index contributed by atoms with van der Waals surface area (Å²) in [6, 6.07) is 0. The lowest BCUT2D eigenvalue weighted by atomic mass is 10.1. The normalized spacial score (nSPS) is 24.7. The molecule has 0 radical (unpaired) electrons. The van der Waals surface area contributed by atoms with Crippen molar-refractivity contribution in [3.05, 3.63) is 0 Å². The number of nitrogens with zero attached hydrogens (tertiary/aromatic N) is 2. The van der Waals surface area contributed by atoms with Crippen molar-refractivity contribution in [3.63, 3.8) is 0 Å². The molecule has 2 fully saturated rings. The molecule has 19 heavy (non-hydrogen) atoms. The molecule has 0 aromatic rings. The van der Waals surface area contributed by atoms with Gasteiger partial charge in [0.05, 0.1) is 6.10 Å². The lowest BCUT2D eigenvalue weighted by Gasteiger charge is -2.33. The van der Waals surface area contributed by atoms with Gasteiger partial charge in [-0.05, 0) is 25.7 Å². The van der Waals surface area contributed by atoms with Crippen LogP contribution in [0.5, 0.6) is 0 Å². The zero-order valence-corrected chi connectivity index (χ0v) is 11.8. The van der Waals surface area contributed by atoms with Gasteiger partial charge in [0.2, 0.25) is 11.8 Å². The summed E-state index contributed by atoms with van der Waals surface area (Å²) in [7, 11) is 1.70. The van der Waals surface area contributed by atoms with E-state index in [2.05, 4.69) is 0 Å². The van der Waals surface area contributed by atoms with Crippen molar-refractivity contribution in [3.8, 4) is 0 Å². The molecule has 0 bridgehead atoms. The third-order valence-corrected chi connectivity index (χ3v) is 4.08. The van der Waals surface area contributed by atoms with E-state index in [4.69, 9.17) is 4.74 Å². The molecule has 2 amide bonds. The monoisotopic (exact) mass is 268 g/mol. The first-order valence-electron chi connectivity index (χ1n) is 7.29.